The van der Waals surface area contributed by atoms with Gasteiger partial charge in [-0.2, -0.15) is 5.10 Å². The van der Waals surface area contributed by atoms with Crippen molar-refractivity contribution in [1.29, 1.82) is 0 Å². The van der Waals surface area contributed by atoms with E-state index in [0.717, 1.165) is 6.07 Å². The number of H-pyrrole nitrogens is 1. The summed E-state index contributed by atoms with van der Waals surface area (Å²) in [5, 5.41) is 13.4. The van der Waals surface area contributed by atoms with Crippen molar-refractivity contribution in [2.45, 2.75) is 12.1 Å². The lowest BCUT2D eigenvalue weighted by atomic mass is 9.88. The van der Waals surface area contributed by atoms with Gasteiger partial charge in [-0.15, -0.1) is 0 Å². The number of aromatic amines is 1. The first-order valence-electron chi connectivity index (χ1n) is 8.78. The number of halogens is 2. The van der Waals surface area contributed by atoms with Gasteiger partial charge in [0, 0.05) is 11.1 Å². The summed E-state index contributed by atoms with van der Waals surface area (Å²) >= 11 is 5.32. The number of rotatable bonds is 2. The van der Waals surface area contributed by atoms with Crippen LogP contribution >= 0.6 is 12.2 Å². The SMILES string of the molecule is O=C1CNC(=S)N1C1c2n[nH]c(=O)c3cc(F)cc(c23)NC1c1ccc(F)cc1. The maximum atomic E-state index is 14.2. The molecule has 0 spiro atoms. The molecule has 5 rings (SSSR count). The van der Waals surface area contributed by atoms with E-state index in [1.807, 2.05) is 0 Å². The second-order valence-corrected chi connectivity index (χ2v) is 7.24. The lowest BCUT2D eigenvalue weighted by Gasteiger charge is -2.38. The predicted molar refractivity (Wildman–Crippen MR) is 105 cm³/mol. The van der Waals surface area contributed by atoms with E-state index in [1.54, 1.807) is 12.1 Å². The summed E-state index contributed by atoms with van der Waals surface area (Å²) in [6, 6.07) is 6.81. The van der Waals surface area contributed by atoms with Crippen LogP contribution in [0, 0.1) is 11.6 Å². The average molecular weight is 413 g/mol. The van der Waals surface area contributed by atoms with E-state index >= 15 is 0 Å². The van der Waals surface area contributed by atoms with Crippen molar-refractivity contribution < 1.29 is 13.6 Å². The van der Waals surface area contributed by atoms with E-state index < -0.39 is 29.3 Å². The fraction of sp³-hybridized carbons (Fsp3) is 0.158. The minimum Gasteiger partial charge on any atom is -0.375 e. The molecule has 1 fully saturated rings. The molecular weight excluding hydrogens is 400 g/mol. The Morgan fingerprint density at radius 3 is 2.55 bits per heavy atom. The third-order valence-electron chi connectivity index (χ3n) is 5.17. The molecule has 0 aliphatic carbocycles. The predicted octanol–water partition coefficient (Wildman–Crippen LogP) is 2.13. The van der Waals surface area contributed by atoms with Gasteiger partial charge in [-0.3, -0.25) is 14.5 Å². The van der Waals surface area contributed by atoms with Crippen molar-refractivity contribution in [3.05, 3.63) is 69.6 Å². The first-order chi connectivity index (χ1) is 13.9. The average Bonchev–Trinajstić information content (AvgIpc) is 3.02. The van der Waals surface area contributed by atoms with Crippen LogP contribution in [-0.4, -0.2) is 32.7 Å². The van der Waals surface area contributed by atoms with Crippen molar-refractivity contribution in [2.24, 2.45) is 0 Å². The molecule has 2 aliphatic heterocycles. The highest BCUT2D eigenvalue weighted by atomic mass is 32.1. The van der Waals surface area contributed by atoms with Crippen LogP contribution in [0.1, 0.15) is 23.3 Å². The van der Waals surface area contributed by atoms with Gasteiger partial charge in [0.15, 0.2) is 5.11 Å². The van der Waals surface area contributed by atoms with E-state index in [1.165, 1.54) is 23.1 Å². The fourth-order valence-electron chi connectivity index (χ4n) is 3.94. The standard InChI is InChI=1S/C19H13F2N5O2S/c20-9-3-1-8(2-4-9)15-17(26-13(27)7-22-19(26)29)16-14-11(18(28)25-24-16)5-10(21)6-12(14)23-15/h1-6,15,17,23H,7H2,(H,22,29)(H,25,28). The minimum atomic E-state index is -0.729. The summed E-state index contributed by atoms with van der Waals surface area (Å²) in [4.78, 5) is 26.2. The zero-order valence-corrected chi connectivity index (χ0v) is 15.5. The van der Waals surface area contributed by atoms with Gasteiger partial charge in [0.05, 0.1) is 23.7 Å². The number of thiocarbonyl (C=S) groups is 1. The molecule has 2 aromatic carbocycles. The van der Waals surface area contributed by atoms with Gasteiger partial charge in [0.25, 0.3) is 5.56 Å². The number of carbonyl (C=O) groups excluding carboxylic acids is 1. The number of carbonyl (C=O) groups is 1. The molecule has 7 nitrogen and oxygen atoms in total. The molecule has 2 aliphatic rings. The van der Waals surface area contributed by atoms with Crippen LogP contribution < -0.4 is 16.2 Å². The van der Waals surface area contributed by atoms with Gasteiger partial charge in [0.1, 0.15) is 17.7 Å². The molecule has 3 N–H and O–H groups in total. The van der Waals surface area contributed by atoms with E-state index in [2.05, 4.69) is 20.8 Å². The Balaban J connectivity index is 1.79. The Bertz CT molecular complexity index is 1230. The van der Waals surface area contributed by atoms with Crippen LogP contribution in [0.4, 0.5) is 14.5 Å². The molecule has 1 saturated heterocycles. The molecule has 10 heteroatoms. The van der Waals surface area contributed by atoms with Crippen LogP contribution in [0.2, 0.25) is 0 Å². The minimum absolute atomic E-state index is 0.0360. The summed E-state index contributed by atoms with van der Waals surface area (Å²) in [6.45, 7) is 0.0360. The number of amides is 1. The normalized spacial score (nSPS) is 20.7. The number of hydrogen-bond acceptors (Lipinski definition) is 5. The number of anilines is 1. The van der Waals surface area contributed by atoms with Crippen molar-refractivity contribution in [1.82, 2.24) is 20.4 Å². The monoisotopic (exact) mass is 413 g/mol. The fourth-order valence-corrected chi connectivity index (χ4v) is 4.23. The summed E-state index contributed by atoms with van der Waals surface area (Å²) in [7, 11) is 0. The van der Waals surface area contributed by atoms with Gasteiger partial charge in [-0.05, 0) is 42.0 Å². The highest BCUT2D eigenvalue weighted by Crippen LogP contribution is 2.45. The molecule has 2 unspecified atom stereocenters. The molecule has 3 heterocycles. The molecule has 2 atom stereocenters. The Kier molecular flexibility index (Phi) is 3.85. The number of aromatic nitrogens is 2. The summed E-state index contributed by atoms with van der Waals surface area (Å²) in [5.74, 6) is -1.26. The number of nitrogens with zero attached hydrogens (tertiary/aromatic N) is 2. The zero-order valence-electron chi connectivity index (χ0n) is 14.7. The molecule has 1 aromatic heterocycles. The van der Waals surface area contributed by atoms with Crippen molar-refractivity contribution in [2.75, 3.05) is 11.9 Å². The van der Waals surface area contributed by atoms with Crippen molar-refractivity contribution >= 4 is 39.7 Å². The number of hydrogen-bond donors (Lipinski definition) is 3. The van der Waals surface area contributed by atoms with E-state index in [-0.39, 0.29) is 23.0 Å². The van der Waals surface area contributed by atoms with Crippen LogP contribution in [-0.2, 0) is 4.79 Å². The van der Waals surface area contributed by atoms with Crippen molar-refractivity contribution in [3.63, 3.8) is 0 Å². The molecule has 3 aromatic rings. The van der Waals surface area contributed by atoms with E-state index in [0.29, 0.717) is 22.3 Å². The van der Waals surface area contributed by atoms with Gasteiger partial charge in [0.2, 0.25) is 5.91 Å². The summed E-state index contributed by atoms with van der Waals surface area (Å²) < 4.78 is 27.6. The number of benzene rings is 2. The maximum absolute atomic E-state index is 14.2. The topological polar surface area (TPSA) is 90.1 Å². The van der Waals surface area contributed by atoms with Crippen LogP contribution in [0.25, 0.3) is 10.8 Å². The maximum Gasteiger partial charge on any atom is 0.272 e. The molecule has 0 saturated carbocycles. The highest BCUT2D eigenvalue weighted by Gasteiger charge is 2.43. The molecular formula is C19H13F2N5O2S. The number of nitrogens with one attached hydrogen (secondary N) is 3. The molecule has 0 radical (unpaired) electrons. The summed E-state index contributed by atoms with van der Waals surface area (Å²) in [6.07, 6.45) is 0. The van der Waals surface area contributed by atoms with Crippen LogP contribution in [0.5, 0.6) is 0 Å². The molecule has 146 valence electrons. The molecule has 1 amide bonds. The molecule has 29 heavy (non-hydrogen) atoms. The lowest BCUT2D eigenvalue weighted by molar-refractivity contribution is -0.126. The van der Waals surface area contributed by atoms with Gasteiger partial charge < -0.3 is 10.6 Å². The van der Waals surface area contributed by atoms with Crippen molar-refractivity contribution in [3.8, 4) is 0 Å². The van der Waals surface area contributed by atoms with E-state index in [4.69, 9.17) is 12.2 Å². The first-order valence-corrected chi connectivity index (χ1v) is 9.18. The second kappa shape index (κ2) is 6.31. The Hall–Kier alpha value is -3.40. The third-order valence-corrected chi connectivity index (χ3v) is 5.52. The smallest absolute Gasteiger partial charge is 0.272 e. The van der Waals surface area contributed by atoms with Gasteiger partial charge >= 0.3 is 0 Å². The first kappa shape index (κ1) is 17.7. The highest BCUT2D eigenvalue weighted by molar-refractivity contribution is 7.80. The van der Waals surface area contributed by atoms with Crippen LogP contribution in [0.3, 0.4) is 0 Å². The second-order valence-electron chi connectivity index (χ2n) is 6.85. The quantitative estimate of drug-likeness (QED) is 0.558. The van der Waals surface area contributed by atoms with Crippen LogP contribution in [0.15, 0.2) is 41.2 Å². The van der Waals surface area contributed by atoms with Gasteiger partial charge in [-0.1, -0.05) is 12.1 Å². The van der Waals surface area contributed by atoms with Gasteiger partial charge in [-0.25, -0.2) is 13.9 Å². The Morgan fingerprint density at radius 1 is 1.10 bits per heavy atom. The third kappa shape index (κ3) is 2.67. The Morgan fingerprint density at radius 2 is 1.86 bits per heavy atom. The summed E-state index contributed by atoms with van der Waals surface area (Å²) in [5.41, 5.74) is 0.848. The largest absolute Gasteiger partial charge is 0.375 e. The zero-order chi connectivity index (χ0) is 20.3. The Labute approximate surface area is 167 Å². The lowest BCUT2D eigenvalue weighted by Crippen LogP contribution is -2.42. The van der Waals surface area contributed by atoms with E-state index in [9.17, 15) is 18.4 Å². The molecule has 0 bridgehead atoms.